The molecule has 5 nitrogen and oxygen atoms in total. The number of aliphatic carboxylic acids is 1. The summed E-state index contributed by atoms with van der Waals surface area (Å²) in [5.74, 6) is -0.621. The van der Waals surface area contributed by atoms with Crippen molar-refractivity contribution in [1.82, 2.24) is 9.97 Å². The molecule has 1 rings (SSSR count). The van der Waals surface area contributed by atoms with Gasteiger partial charge in [-0.15, -0.1) is 0 Å². The SMILES string of the molecule is Cc1cnc(NC(C)(C)C(=O)O)nc1. The first-order valence-corrected chi connectivity index (χ1v) is 4.22. The third kappa shape index (κ3) is 2.42. The van der Waals surface area contributed by atoms with Crippen molar-refractivity contribution in [2.75, 3.05) is 5.32 Å². The van der Waals surface area contributed by atoms with Gasteiger partial charge in [0.2, 0.25) is 5.95 Å². The van der Waals surface area contributed by atoms with E-state index in [9.17, 15) is 4.79 Å². The number of nitrogens with one attached hydrogen (secondary N) is 1. The first-order valence-electron chi connectivity index (χ1n) is 4.22. The molecule has 0 fully saturated rings. The van der Waals surface area contributed by atoms with Crippen molar-refractivity contribution in [2.45, 2.75) is 26.3 Å². The van der Waals surface area contributed by atoms with Gasteiger partial charge < -0.3 is 10.4 Å². The van der Waals surface area contributed by atoms with Crippen LogP contribution in [0.15, 0.2) is 12.4 Å². The Morgan fingerprint density at radius 3 is 2.36 bits per heavy atom. The van der Waals surface area contributed by atoms with Crippen molar-refractivity contribution in [3.8, 4) is 0 Å². The molecule has 0 spiro atoms. The lowest BCUT2D eigenvalue weighted by Gasteiger charge is -2.20. The summed E-state index contributed by atoms with van der Waals surface area (Å²) in [6.45, 7) is 4.98. The summed E-state index contributed by atoms with van der Waals surface area (Å²) >= 11 is 0. The Kier molecular flexibility index (Phi) is 2.69. The number of hydrogen-bond acceptors (Lipinski definition) is 4. The number of anilines is 1. The fourth-order valence-electron chi connectivity index (χ4n) is 0.790. The molecule has 0 saturated carbocycles. The van der Waals surface area contributed by atoms with Crippen LogP contribution in [0, 0.1) is 6.92 Å². The number of aryl methyl sites for hydroxylation is 1. The molecule has 0 unspecified atom stereocenters. The summed E-state index contributed by atoms with van der Waals surface area (Å²) in [7, 11) is 0. The van der Waals surface area contributed by atoms with E-state index in [0.717, 1.165) is 5.56 Å². The van der Waals surface area contributed by atoms with Crippen LogP contribution >= 0.6 is 0 Å². The normalized spacial score (nSPS) is 11.1. The van der Waals surface area contributed by atoms with Crippen molar-refractivity contribution in [3.63, 3.8) is 0 Å². The maximum absolute atomic E-state index is 10.8. The highest BCUT2D eigenvalue weighted by Crippen LogP contribution is 2.10. The second-order valence-electron chi connectivity index (χ2n) is 3.64. The Balaban J connectivity index is 2.79. The van der Waals surface area contributed by atoms with Crippen molar-refractivity contribution in [2.24, 2.45) is 0 Å². The van der Waals surface area contributed by atoms with E-state index < -0.39 is 11.5 Å². The van der Waals surface area contributed by atoms with Gasteiger partial charge in [-0.25, -0.2) is 14.8 Å². The van der Waals surface area contributed by atoms with Gasteiger partial charge in [0.25, 0.3) is 0 Å². The van der Waals surface area contributed by atoms with Crippen LogP contribution in [0.2, 0.25) is 0 Å². The second kappa shape index (κ2) is 3.61. The molecule has 0 amide bonds. The quantitative estimate of drug-likeness (QED) is 0.754. The van der Waals surface area contributed by atoms with E-state index in [-0.39, 0.29) is 0 Å². The van der Waals surface area contributed by atoms with Crippen molar-refractivity contribution in [3.05, 3.63) is 18.0 Å². The fraction of sp³-hybridized carbons (Fsp3) is 0.444. The van der Waals surface area contributed by atoms with Gasteiger partial charge in [0.1, 0.15) is 5.54 Å². The van der Waals surface area contributed by atoms with Gasteiger partial charge in [-0.05, 0) is 26.3 Å². The summed E-state index contributed by atoms with van der Waals surface area (Å²) in [5, 5.41) is 11.6. The van der Waals surface area contributed by atoms with Crippen molar-refractivity contribution in [1.29, 1.82) is 0 Å². The van der Waals surface area contributed by atoms with E-state index in [2.05, 4.69) is 15.3 Å². The maximum atomic E-state index is 10.8. The summed E-state index contributed by atoms with van der Waals surface area (Å²) in [6, 6.07) is 0. The average molecular weight is 195 g/mol. The van der Waals surface area contributed by atoms with Crippen LogP contribution in [0.3, 0.4) is 0 Å². The minimum absolute atomic E-state index is 0.322. The number of nitrogens with zero attached hydrogens (tertiary/aromatic N) is 2. The van der Waals surface area contributed by atoms with Crippen LogP contribution in [0.1, 0.15) is 19.4 Å². The maximum Gasteiger partial charge on any atom is 0.328 e. The van der Waals surface area contributed by atoms with E-state index in [1.54, 1.807) is 26.2 Å². The molecule has 2 N–H and O–H groups in total. The molecular weight excluding hydrogens is 182 g/mol. The van der Waals surface area contributed by atoms with Gasteiger partial charge in [0, 0.05) is 12.4 Å². The highest BCUT2D eigenvalue weighted by atomic mass is 16.4. The molecule has 1 aromatic rings. The third-order valence-electron chi connectivity index (χ3n) is 1.74. The van der Waals surface area contributed by atoms with E-state index >= 15 is 0 Å². The Bertz CT molecular complexity index is 332. The van der Waals surface area contributed by atoms with Crippen LogP contribution < -0.4 is 5.32 Å². The number of aromatic nitrogens is 2. The second-order valence-corrected chi connectivity index (χ2v) is 3.64. The van der Waals surface area contributed by atoms with Gasteiger partial charge in [0.15, 0.2) is 0 Å². The average Bonchev–Trinajstić information content (AvgIpc) is 2.08. The molecule has 0 bridgehead atoms. The zero-order chi connectivity index (χ0) is 10.8. The molecular formula is C9H13N3O2. The Labute approximate surface area is 82.2 Å². The molecule has 0 atom stereocenters. The molecule has 0 saturated heterocycles. The van der Waals surface area contributed by atoms with Crippen LogP contribution in [-0.2, 0) is 4.79 Å². The van der Waals surface area contributed by atoms with Gasteiger partial charge in [-0.3, -0.25) is 0 Å². The topological polar surface area (TPSA) is 75.1 Å². The predicted molar refractivity (Wildman–Crippen MR) is 52.1 cm³/mol. The monoisotopic (exact) mass is 195 g/mol. The van der Waals surface area contributed by atoms with Gasteiger partial charge in [0.05, 0.1) is 0 Å². The summed E-state index contributed by atoms with van der Waals surface area (Å²) < 4.78 is 0. The van der Waals surface area contributed by atoms with Crippen LogP contribution in [0.4, 0.5) is 5.95 Å². The molecule has 5 heteroatoms. The van der Waals surface area contributed by atoms with E-state index in [0.29, 0.717) is 5.95 Å². The van der Waals surface area contributed by atoms with E-state index in [1.165, 1.54) is 0 Å². The van der Waals surface area contributed by atoms with Gasteiger partial charge >= 0.3 is 5.97 Å². The zero-order valence-corrected chi connectivity index (χ0v) is 8.40. The van der Waals surface area contributed by atoms with Crippen molar-refractivity contribution >= 4 is 11.9 Å². The highest BCUT2D eigenvalue weighted by molar-refractivity contribution is 5.80. The zero-order valence-electron chi connectivity index (χ0n) is 8.40. The highest BCUT2D eigenvalue weighted by Gasteiger charge is 2.27. The van der Waals surface area contributed by atoms with Gasteiger partial charge in [-0.1, -0.05) is 0 Å². The number of carbonyl (C=O) groups is 1. The summed E-state index contributed by atoms with van der Waals surface area (Å²) in [6.07, 6.45) is 3.26. The summed E-state index contributed by atoms with van der Waals surface area (Å²) in [5.41, 5.74) is -0.126. The Morgan fingerprint density at radius 1 is 1.43 bits per heavy atom. The third-order valence-corrected chi connectivity index (χ3v) is 1.74. The van der Waals surface area contributed by atoms with Crippen LogP contribution in [-0.4, -0.2) is 26.6 Å². The molecule has 0 aromatic carbocycles. The van der Waals surface area contributed by atoms with Crippen LogP contribution in [0.5, 0.6) is 0 Å². The first-order chi connectivity index (χ1) is 6.42. The van der Waals surface area contributed by atoms with E-state index in [1.807, 2.05) is 6.92 Å². The van der Waals surface area contributed by atoms with Crippen LogP contribution in [0.25, 0.3) is 0 Å². The predicted octanol–water partition coefficient (Wildman–Crippen LogP) is 1.06. The fourth-order valence-corrected chi connectivity index (χ4v) is 0.790. The molecule has 14 heavy (non-hydrogen) atoms. The Hall–Kier alpha value is -1.65. The number of carboxylic acid groups (broad SMARTS) is 1. The number of carboxylic acids is 1. The standard InChI is InChI=1S/C9H13N3O2/c1-6-4-10-8(11-5-6)12-9(2,3)7(13)14/h4-5H,1-3H3,(H,13,14)(H,10,11,12). The molecule has 0 aliphatic heterocycles. The minimum Gasteiger partial charge on any atom is -0.480 e. The largest absolute Gasteiger partial charge is 0.480 e. The lowest BCUT2D eigenvalue weighted by atomic mass is 10.1. The first kappa shape index (κ1) is 10.4. The van der Waals surface area contributed by atoms with Crippen molar-refractivity contribution < 1.29 is 9.90 Å². The summed E-state index contributed by atoms with van der Waals surface area (Å²) in [4.78, 5) is 18.7. The van der Waals surface area contributed by atoms with Gasteiger partial charge in [-0.2, -0.15) is 0 Å². The number of hydrogen-bond donors (Lipinski definition) is 2. The lowest BCUT2D eigenvalue weighted by Crippen LogP contribution is -2.40. The molecule has 0 radical (unpaired) electrons. The molecule has 76 valence electrons. The lowest BCUT2D eigenvalue weighted by molar-refractivity contribution is -0.141. The number of rotatable bonds is 3. The molecule has 1 aromatic heterocycles. The minimum atomic E-state index is -1.06. The smallest absolute Gasteiger partial charge is 0.328 e. The molecule has 0 aliphatic carbocycles. The molecule has 0 aliphatic rings. The molecule has 1 heterocycles. The van der Waals surface area contributed by atoms with E-state index in [4.69, 9.17) is 5.11 Å². The Morgan fingerprint density at radius 2 is 1.93 bits per heavy atom.